The van der Waals surface area contributed by atoms with E-state index < -0.39 is 0 Å². The van der Waals surface area contributed by atoms with Crippen LogP contribution in [0.3, 0.4) is 0 Å². The molecule has 8 nitrogen and oxygen atoms in total. The Balaban J connectivity index is 1.73. The average molecular weight is 520 g/mol. The maximum atomic E-state index is 13.4. The molecule has 4 heterocycles. The fraction of sp³-hybridized carbons (Fsp3) is 0.321. The summed E-state index contributed by atoms with van der Waals surface area (Å²) in [5.41, 5.74) is 4.49. The topological polar surface area (TPSA) is 92.0 Å². The number of aryl methyl sites for hydroxylation is 3. The van der Waals surface area contributed by atoms with Gasteiger partial charge in [-0.1, -0.05) is 38.4 Å². The summed E-state index contributed by atoms with van der Waals surface area (Å²) in [7, 11) is 1.55. The van der Waals surface area contributed by atoms with Crippen molar-refractivity contribution in [2.45, 2.75) is 53.6 Å². The molecule has 9 heteroatoms. The molecule has 0 amide bonds. The van der Waals surface area contributed by atoms with Gasteiger partial charge in [-0.05, 0) is 44.0 Å². The SMILES string of the molecule is COc1cccc(COc2cc(C)n(-c3cc(-c4nc(C(C)(C)C)ncc4C)ncc3C)c(=O)c2Cl)n1. The smallest absolute Gasteiger partial charge is 0.277 e. The maximum absolute atomic E-state index is 13.4. The first-order valence-electron chi connectivity index (χ1n) is 11.9. The van der Waals surface area contributed by atoms with E-state index in [4.69, 9.17) is 26.1 Å². The number of hydrogen-bond acceptors (Lipinski definition) is 7. The van der Waals surface area contributed by atoms with Crippen molar-refractivity contribution in [3.63, 3.8) is 0 Å². The van der Waals surface area contributed by atoms with Crippen molar-refractivity contribution in [2.75, 3.05) is 7.11 Å². The van der Waals surface area contributed by atoms with E-state index in [2.05, 4.69) is 35.7 Å². The second kappa shape index (κ2) is 10.3. The molecule has 0 aliphatic carbocycles. The van der Waals surface area contributed by atoms with Crippen molar-refractivity contribution in [1.82, 2.24) is 24.5 Å². The summed E-state index contributed by atoms with van der Waals surface area (Å²) in [4.78, 5) is 31.7. The predicted octanol–water partition coefficient (Wildman–Crippen LogP) is 5.55. The minimum absolute atomic E-state index is 0.0144. The van der Waals surface area contributed by atoms with Crippen LogP contribution < -0.4 is 15.0 Å². The van der Waals surface area contributed by atoms with Gasteiger partial charge in [0, 0.05) is 35.6 Å². The monoisotopic (exact) mass is 519 g/mol. The van der Waals surface area contributed by atoms with E-state index in [0.717, 1.165) is 22.6 Å². The zero-order chi connectivity index (χ0) is 26.9. The van der Waals surface area contributed by atoms with Crippen molar-refractivity contribution in [2.24, 2.45) is 0 Å². The molecule has 0 aromatic carbocycles. The lowest BCUT2D eigenvalue weighted by molar-refractivity contribution is 0.297. The fourth-order valence-corrected chi connectivity index (χ4v) is 4.03. The molecule has 0 spiro atoms. The van der Waals surface area contributed by atoms with Gasteiger partial charge < -0.3 is 9.47 Å². The van der Waals surface area contributed by atoms with Crippen molar-refractivity contribution >= 4 is 11.6 Å². The standard InChI is InChI=1S/C28H30ClN5O3/c1-16-13-30-20(25-17(2)14-31-27(33-25)28(4,5)6)12-21(16)34-18(3)11-22(24(29)26(34)35)37-15-19-9-8-10-23(32-19)36-7/h8-14H,15H2,1-7H3. The lowest BCUT2D eigenvalue weighted by Gasteiger charge is -2.19. The van der Waals surface area contributed by atoms with Gasteiger partial charge in [0.05, 0.1) is 29.9 Å². The lowest BCUT2D eigenvalue weighted by Crippen LogP contribution is -2.23. The van der Waals surface area contributed by atoms with E-state index in [1.807, 2.05) is 45.2 Å². The van der Waals surface area contributed by atoms with Crippen molar-refractivity contribution in [3.8, 4) is 28.7 Å². The van der Waals surface area contributed by atoms with E-state index in [-0.39, 0.29) is 22.6 Å². The van der Waals surface area contributed by atoms with Crippen LogP contribution in [0.5, 0.6) is 11.6 Å². The van der Waals surface area contributed by atoms with E-state index in [1.165, 1.54) is 0 Å². The van der Waals surface area contributed by atoms with E-state index in [0.29, 0.717) is 34.4 Å². The molecule has 0 radical (unpaired) electrons. The second-order valence-corrected chi connectivity index (χ2v) is 10.3. The molecule has 0 atom stereocenters. The van der Waals surface area contributed by atoms with Gasteiger partial charge in [0.15, 0.2) is 0 Å². The Labute approximate surface area is 221 Å². The molecule has 0 aliphatic rings. The molecule has 0 N–H and O–H groups in total. The first-order chi connectivity index (χ1) is 17.5. The molecule has 37 heavy (non-hydrogen) atoms. The Morgan fingerprint density at radius 2 is 1.73 bits per heavy atom. The number of halogens is 1. The number of rotatable bonds is 6. The first-order valence-corrected chi connectivity index (χ1v) is 12.2. The largest absolute Gasteiger partial charge is 0.485 e. The van der Waals surface area contributed by atoms with Crippen LogP contribution in [0.4, 0.5) is 0 Å². The quantitative estimate of drug-likeness (QED) is 0.330. The number of pyridine rings is 3. The third kappa shape index (κ3) is 5.49. The molecule has 0 fully saturated rings. The predicted molar refractivity (Wildman–Crippen MR) is 144 cm³/mol. The number of ether oxygens (including phenoxy) is 2. The summed E-state index contributed by atoms with van der Waals surface area (Å²) < 4.78 is 12.6. The van der Waals surface area contributed by atoms with Crippen molar-refractivity contribution < 1.29 is 9.47 Å². The summed E-state index contributed by atoms with van der Waals surface area (Å²) in [6.07, 6.45) is 3.55. The number of hydrogen-bond donors (Lipinski definition) is 0. The van der Waals surface area contributed by atoms with Crippen LogP contribution in [0.2, 0.25) is 5.02 Å². The van der Waals surface area contributed by atoms with Gasteiger partial charge in [0.2, 0.25) is 5.88 Å². The Morgan fingerprint density at radius 1 is 1.00 bits per heavy atom. The Hall–Kier alpha value is -3.78. The summed E-state index contributed by atoms with van der Waals surface area (Å²) in [5.74, 6) is 1.50. The normalized spacial score (nSPS) is 11.5. The molecule has 4 rings (SSSR count). The van der Waals surface area contributed by atoms with Gasteiger partial charge in [-0.2, -0.15) is 0 Å². The second-order valence-electron chi connectivity index (χ2n) is 9.90. The zero-order valence-electron chi connectivity index (χ0n) is 22.1. The van der Waals surface area contributed by atoms with E-state index in [1.54, 1.807) is 30.0 Å². The van der Waals surface area contributed by atoms with Crippen LogP contribution in [0.15, 0.2) is 47.5 Å². The highest BCUT2D eigenvalue weighted by atomic mass is 35.5. The Morgan fingerprint density at radius 3 is 2.43 bits per heavy atom. The van der Waals surface area contributed by atoms with Crippen LogP contribution in [-0.4, -0.2) is 31.6 Å². The zero-order valence-corrected chi connectivity index (χ0v) is 22.8. The molecular formula is C28H30ClN5O3. The molecule has 4 aromatic rings. The number of methoxy groups -OCH3 is 1. The van der Waals surface area contributed by atoms with Crippen molar-refractivity contribution in [3.05, 3.63) is 86.4 Å². The van der Waals surface area contributed by atoms with E-state index >= 15 is 0 Å². The molecule has 0 saturated carbocycles. The summed E-state index contributed by atoms with van der Waals surface area (Å²) in [6.45, 7) is 12.0. The van der Waals surface area contributed by atoms with Gasteiger partial charge in [-0.25, -0.2) is 15.0 Å². The Kier molecular flexibility index (Phi) is 7.32. The van der Waals surface area contributed by atoms with Gasteiger partial charge in [-0.3, -0.25) is 14.3 Å². The lowest BCUT2D eigenvalue weighted by atomic mass is 9.95. The number of nitrogens with zero attached hydrogens (tertiary/aromatic N) is 5. The van der Waals surface area contributed by atoms with Gasteiger partial charge in [0.1, 0.15) is 23.2 Å². The third-order valence-electron chi connectivity index (χ3n) is 5.87. The Bertz CT molecular complexity index is 1530. The van der Waals surface area contributed by atoms with Crippen LogP contribution in [-0.2, 0) is 12.0 Å². The minimum Gasteiger partial charge on any atom is -0.485 e. The fourth-order valence-electron chi connectivity index (χ4n) is 3.84. The molecular weight excluding hydrogens is 490 g/mol. The minimum atomic E-state index is -0.384. The molecule has 0 bridgehead atoms. The molecule has 4 aromatic heterocycles. The van der Waals surface area contributed by atoms with Crippen LogP contribution in [0, 0.1) is 20.8 Å². The number of aromatic nitrogens is 5. The van der Waals surface area contributed by atoms with Gasteiger partial charge in [0.25, 0.3) is 5.56 Å². The highest BCUT2D eigenvalue weighted by Crippen LogP contribution is 2.29. The summed E-state index contributed by atoms with van der Waals surface area (Å²) in [5, 5.41) is -0.0144. The molecule has 0 unspecified atom stereocenters. The maximum Gasteiger partial charge on any atom is 0.277 e. The van der Waals surface area contributed by atoms with Crippen molar-refractivity contribution in [1.29, 1.82) is 0 Å². The molecule has 192 valence electrons. The van der Waals surface area contributed by atoms with Crippen LogP contribution in [0.25, 0.3) is 17.1 Å². The first kappa shape index (κ1) is 26.3. The van der Waals surface area contributed by atoms with Gasteiger partial charge in [-0.15, -0.1) is 0 Å². The highest BCUT2D eigenvalue weighted by molar-refractivity contribution is 6.31. The van der Waals surface area contributed by atoms with E-state index in [9.17, 15) is 4.79 Å². The summed E-state index contributed by atoms with van der Waals surface area (Å²) in [6, 6.07) is 9.00. The van der Waals surface area contributed by atoms with Crippen LogP contribution >= 0.6 is 11.6 Å². The summed E-state index contributed by atoms with van der Waals surface area (Å²) >= 11 is 6.51. The third-order valence-corrected chi connectivity index (χ3v) is 6.21. The average Bonchev–Trinajstić information content (AvgIpc) is 2.86. The van der Waals surface area contributed by atoms with Gasteiger partial charge >= 0.3 is 0 Å². The molecule has 0 aliphatic heterocycles. The van der Waals surface area contributed by atoms with Crippen LogP contribution in [0.1, 0.15) is 49.1 Å². The highest BCUT2D eigenvalue weighted by Gasteiger charge is 2.21. The molecule has 0 saturated heterocycles.